The number of rotatable bonds is 7. The van der Waals surface area contributed by atoms with Crippen LogP contribution in [0.5, 0.6) is 0 Å². The maximum Gasteiger partial charge on any atom is 0.408 e. The van der Waals surface area contributed by atoms with Crippen molar-refractivity contribution in [2.24, 2.45) is 12.8 Å². The van der Waals surface area contributed by atoms with Gasteiger partial charge in [-0.25, -0.2) is 9.78 Å². The molecule has 1 fully saturated rings. The first-order valence-electron chi connectivity index (χ1n) is 12.1. The molecule has 0 radical (unpaired) electrons. The molecule has 1 aromatic heterocycles. The summed E-state index contributed by atoms with van der Waals surface area (Å²) in [6.45, 7) is 5.26. The Kier molecular flexibility index (Phi) is 8.17. The highest BCUT2D eigenvalue weighted by molar-refractivity contribution is 5.94. The molecule has 0 saturated heterocycles. The number of nitrogens with zero attached hydrogens (tertiary/aromatic N) is 2. The summed E-state index contributed by atoms with van der Waals surface area (Å²) in [5, 5.41) is 5.54. The molecule has 1 atom stereocenters. The number of amides is 3. The Morgan fingerprint density at radius 2 is 1.78 bits per heavy atom. The number of aryl methyl sites for hydroxylation is 1. The van der Waals surface area contributed by atoms with Crippen LogP contribution in [0.15, 0.2) is 41.5 Å². The summed E-state index contributed by atoms with van der Waals surface area (Å²) in [5.41, 5.74) is 5.79. The average Bonchev–Trinajstić information content (AvgIpc) is 2.80. The smallest absolute Gasteiger partial charge is 0.408 e. The first-order valence-corrected chi connectivity index (χ1v) is 12.1. The molecule has 36 heavy (non-hydrogen) atoms. The Morgan fingerprint density at radius 3 is 2.33 bits per heavy atom. The van der Waals surface area contributed by atoms with Crippen molar-refractivity contribution in [3.8, 4) is 11.3 Å². The highest BCUT2D eigenvalue weighted by atomic mass is 16.6. The van der Waals surface area contributed by atoms with Gasteiger partial charge in [-0.05, 0) is 39.2 Å². The van der Waals surface area contributed by atoms with Gasteiger partial charge in [-0.2, -0.15) is 0 Å². The fourth-order valence-corrected chi connectivity index (χ4v) is 4.27. The largest absolute Gasteiger partial charge is 0.444 e. The van der Waals surface area contributed by atoms with Crippen LogP contribution in [0.3, 0.4) is 0 Å². The van der Waals surface area contributed by atoms with Crippen LogP contribution in [0.25, 0.3) is 11.3 Å². The lowest BCUT2D eigenvalue weighted by molar-refractivity contribution is -0.133. The van der Waals surface area contributed by atoms with E-state index in [0.717, 1.165) is 30.4 Å². The molecule has 1 heterocycles. The van der Waals surface area contributed by atoms with E-state index in [0.29, 0.717) is 18.5 Å². The van der Waals surface area contributed by atoms with E-state index in [2.05, 4.69) is 15.6 Å². The standard InChI is InChI=1S/C26H35N5O5/c1-25(2,3)36-24(35)30-26(12-6-5-7-13-26)23(34)29-19(22(27)33)14-17-8-10-18(11-9-17)20-16-31(4)21(32)15-28-20/h8-11,15-16,19H,5-7,12-14H2,1-4H3,(H2,27,33)(H,29,34)(H,30,35). The summed E-state index contributed by atoms with van der Waals surface area (Å²) in [5.74, 6) is -1.11. The van der Waals surface area contributed by atoms with Crippen molar-refractivity contribution in [1.82, 2.24) is 20.2 Å². The number of hydrogen-bond acceptors (Lipinski definition) is 6. The topological polar surface area (TPSA) is 145 Å². The molecular formula is C26H35N5O5. The minimum atomic E-state index is -1.16. The molecule has 1 aliphatic rings. The molecule has 3 amide bonds. The van der Waals surface area contributed by atoms with Gasteiger partial charge in [0.1, 0.15) is 17.2 Å². The number of carbonyl (C=O) groups excluding carboxylic acids is 3. The molecule has 1 aromatic carbocycles. The van der Waals surface area contributed by atoms with Crippen molar-refractivity contribution in [2.45, 2.75) is 76.5 Å². The van der Waals surface area contributed by atoms with Crippen LogP contribution in [-0.4, -0.2) is 44.6 Å². The average molecular weight is 498 g/mol. The summed E-state index contributed by atoms with van der Waals surface area (Å²) >= 11 is 0. The number of ether oxygens (including phenoxy) is 1. The minimum Gasteiger partial charge on any atom is -0.444 e. The molecule has 1 unspecified atom stereocenters. The van der Waals surface area contributed by atoms with Gasteiger partial charge in [0.05, 0.1) is 11.9 Å². The fraction of sp³-hybridized carbons (Fsp3) is 0.500. The van der Waals surface area contributed by atoms with Gasteiger partial charge in [-0.15, -0.1) is 0 Å². The van der Waals surface area contributed by atoms with Gasteiger partial charge in [0.15, 0.2) is 0 Å². The molecule has 10 heteroatoms. The second kappa shape index (κ2) is 10.9. The Balaban J connectivity index is 1.73. The van der Waals surface area contributed by atoms with Gasteiger partial charge in [0, 0.05) is 25.2 Å². The molecule has 2 aromatic rings. The predicted octanol–water partition coefficient (Wildman–Crippen LogP) is 2.19. The van der Waals surface area contributed by atoms with E-state index in [1.807, 2.05) is 24.3 Å². The minimum absolute atomic E-state index is 0.185. The summed E-state index contributed by atoms with van der Waals surface area (Å²) < 4.78 is 6.83. The predicted molar refractivity (Wildman–Crippen MR) is 135 cm³/mol. The summed E-state index contributed by atoms with van der Waals surface area (Å²) in [6, 6.07) is 6.33. The van der Waals surface area contributed by atoms with Crippen LogP contribution in [0.1, 0.15) is 58.4 Å². The van der Waals surface area contributed by atoms with Crippen LogP contribution >= 0.6 is 0 Å². The molecule has 1 saturated carbocycles. The van der Waals surface area contributed by atoms with Crippen LogP contribution in [-0.2, 0) is 27.8 Å². The van der Waals surface area contributed by atoms with E-state index in [9.17, 15) is 19.2 Å². The van der Waals surface area contributed by atoms with Crippen molar-refractivity contribution in [3.05, 3.63) is 52.6 Å². The Bertz CT molecular complexity index is 1160. The number of hydrogen-bond donors (Lipinski definition) is 3. The maximum atomic E-state index is 13.4. The highest BCUT2D eigenvalue weighted by Crippen LogP contribution is 2.29. The zero-order valence-electron chi connectivity index (χ0n) is 21.3. The Hall–Kier alpha value is -3.69. The zero-order chi connectivity index (χ0) is 26.5. The fourth-order valence-electron chi connectivity index (χ4n) is 4.27. The molecule has 3 rings (SSSR count). The van der Waals surface area contributed by atoms with E-state index in [1.165, 1.54) is 10.8 Å². The first-order chi connectivity index (χ1) is 16.9. The molecule has 10 nitrogen and oxygen atoms in total. The molecule has 0 spiro atoms. The van der Waals surface area contributed by atoms with Gasteiger partial charge in [0.25, 0.3) is 5.56 Å². The molecule has 4 N–H and O–H groups in total. The number of benzene rings is 1. The van der Waals surface area contributed by atoms with Crippen LogP contribution in [0.4, 0.5) is 4.79 Å². The van der Waals surface area contributed by atoms with Gasteiger partial charge in [-0.1, -0.05) is 43.5 Å². The normalized spacial score (nSPS) is 16.0. The summed E-state index contributed by atoms with van der Waals surface area (Å²) in [6.07, 6.45) is 5.81. The quantitative estimate of drug-likeness (QED) is 0.535. The summed E-state index contributed by atoms with van der Waals surface area (Å²) in [4.78, 5) is 53.9. The lowest BCUT2D eigenvalue weighted by Crippen LogP contribution is -2.63. The second-order valence-electron chi connectivity index (χ2n) is 10.3. The van der Waals surface area contributed by atoms with Crippen LogP contribution in [0.2, 0.25) is 0 Å². The number of aromatic nitrogens is 2. The third-order valence-electron chi connectivity index (χ3n) is 6.20. The van der Waals surface area contributed by atoms with E-state index < -0.39 is 35.1 Å². The van der Waals surface area contributed by atoms with Crippen molar-refractivity contribution in [2.75, 3.05) is 0 Å². The first kappa shape index (κ1) is 26.9. The van der Waals surface area contributed by atoms with Gasteiger partial charge < -0.3 is 25.7 Å². The van der Waals surface area contributed by atoms with Crippen molar-refractivity contribution >= 4 is 17.9 Å². The third-order valence-corrected chi connectivity index (χ3v) is 6.20. The van der Waals surface area contributed by atoms with Gasteiger partial charge in [-0.3, -0.25) is 14.4 Å². The molecular weight excluding hydrogens is 462 g/mol. The van der Waals surface area contributed by atoms with Crippen LogP contribution in [0, 0.1) is 0 Å². The van der Waals surface area contributed by atoms with E-state index in [1.54, 1.807) is 34.0 Å². The lowest BCUT2D eigenvalue weighted by atomic mass is 9.80. The molecule has 0 aliphatic heterocycles. The van der Waals surface area contributed by atoms with Crippen molar-refractivity contribution in [1.29, 1.82) is 0 Å². The molecule has 1 aliphatic carbocycles. The van der Waals surface area contributed by atoms with Crippen LogP contribution < -0.4 is 21.9 Å². The van der Waals surface area contributed by atoms with E-state index in [-0.39, 0.29) is 12.0 Å². The number of primary amides is 1. The zero-order valence-corrected chi connectivity index (χ0v) is 21.3. The molecule has 194 valence electrons. The SMILES string of the molecule is Cn1cc(-c2ccc(CC(NC(=O)C3(NC(=O)OC(C)(C)C)CCCCC3)C(N)=O)cc2)ncc1=O. The van der Waals surface area contributed by atoms with Gasteiger partial charge in [0.2, 0.25) is 11.8 Å². The summed E-state index contributed by atoms with van der Waals surface area (Å²) in [7, 11) is 1.65. The van der Waals surface area contributed by atoms with E-state index >= 15 is 0 Å². The highest BCUT2D eigenvalue weighted by Gasteiger charge is 2.43. The monoisotopic (exact) mass is 497 g/mol. The number of nitrogens with two attached hydrogens (primary N) is 1. The van der Waals surface area contributed by atoms with E-state index in [4.69, 9.17) is 10.5 Å². The van der Waals surface area contributed by atoms with Gasteiger partial charge >= 0.3 is 6.09 Å². The Morgan fingerprint density at radius 1 is 1.14 bits per heavy atom. The maximum absolute atomic E-state index is 13.4. The number of carbonyl (C=O) groups is 3. The lowest BCUT2D eigenvalue weighted by Gasteiger charge is -2.37. The third kappa shape index (κ3) is 6.93. The number of nitrogens with one attached hydrogen (secondary N) is 2. The Labute approximate surface area is 210 Å². The van der Waals surface area contributed by atoms with Crippen molar-refractivity contribution < 1.29 is 19.1 Å². The number of alkyl carbamates (subject to hydrolysis) is 1. The van der Waals surface area contributed by atoms with Crippen molar-refractivity contribution in [3.63, 3.8) is 0 Å². The second-order valence-corrected chi connectivity index (χ2v) is 10.3. The molecule has 0 bridgehead atoms.